The molecule has 0 aliphatic heterocycles. The Hall–Kier alpha value is -2.57. The molecule has 27 heavy (non-hydrogen) atoms. The monoisotopic (exact) mass is 377 g/mol. The summed E-state index contributed by atoms with van der Waals surface area (Å²) in [5.74, 6) is 0.507. The largest absolute Gasteiger partial charge is 0.493 e. The van der Waals surface area contributed by atoms with Gasteiger partial charge in [0, 0.05) is 11.6 Å². The highest BCUT2D eigenvalue weighted by atomic mass is 19.4. The van der Waals surface area contributed by atoms with E-state index in [0.717, 1.165) is 12.5 Å². The van der Waals surface area contributed by atoms with E-state index in [1.165, 1.54) is 6.07 Å². The van der Waals surface area contributed by atoms with Gasteiger partial charge in [-0.05, 0) is 47.6 Å². The standard InChI is InChI=1S/C20H22F3N3O/c1-12(2)8-13(3)11-27-18-5-4-14(9-17(18)20(21,22)23)15-6-7-24-19-16(15)10-25-26-19/h4-7,9-10,12-13H,8,11H2,1-3H3,(H,24,25,26)/t13-/m0/s1. The Morgan fingerprint density at radius 3 is 2.63 bits per heavy atom. The second-order valence-electron chi connectivity index (χ2n) is 7.25. The number of H-pyrrole nitrogens is 1. The molecule has 7 heteroatoms. The van der Waals surface area contributed by atoms with Crippen LogP contribution in [0.3, 0.4) is 0 Å². The minimum absolute atomic E-state index is 0.139. The Morgan fingerprint density at radius 1 is 1.15 bits per heavy atom. The van der Waals surface area contributed by atoms with E-state index in [1.54, 1.807) is 24.5 Å². The number of nitrogens with one attached hydrogen (secondary N) is 1. The fourth-order valence-corrected chi connectivity index (χ4v) is 3.25. The highest BCUT2D eigenvalue weighted by molar-refractivity contribution is 5.92. The molecule has 0 amide bonds. The van der Waals surface area contributed by atoms with Crippen molar-refractivity contribution in [1.29, 1.82) is 0 Å². The number of aromatic amines is 1. The summed E-state index contributed by atoms with van der Waals surface area (Å²) < 4.78 is 46.4. The third kappa shape index (κ3) is 4.40. The van der Waals surface area contributed by atoms with Gasteiger partial charge in [0.1, 0.15) is 5.75 Å². The zero-order valence-corrected chi connectivity index (χ0v) is 15.5. The minimum atomic E-state index is -4.50. The van der Waals surface area contributed by atoms with E-state index in [4.69, 9.17) is 4.74 Å². The molecule has 2 aromatic heterocycles. The van der Waals surface area contributed by atoms with Gasteiger partial charge in [0.25, 0.3) is 0 Å². The SMILES string of the molecule is CC(C)C[C@H](C)COc1ccc(-c2ccnc3[nH]ncc23)cc1C(F)(F)F. The van der Waals surface area contributed by atoms with Crippen LogP contribution >= 0.6 is 0 Å². The number of aromatic nitrogens is 3. The van der Waals surface area contributed by atoms with E-state index in [0.29, 0.717) is 28.1 Å². The second kappa shape index (κ2) is 7.58. The fraction of sp³-hybridized carbons (Fsp3) is 0.400. The summed E-state index contributed by atoms with van der Waals surface area (Å²) in [5.41, 5.74) is 0.840. The number of ether oxygens (including phenoxy) is 1. The summed E-state index contributed by atoms with van der Waals surface area (Å²) in [6.45, 7) is 6.39. The Kier molecular flexibility index (Phi) is 5.39. The zero-order valence-electron chi connectivity index (χ0n) is 15.5. The van der Waals surface area contributed by atoms with Gasteiger partial charge in [-0.3, -0.25) is 5.10 Å². The van der Waals surface area contributed by atoms with Crippen LogP contribution in [0.1, 0.15) is 32.8 Å². The number of alkyl halides is 3. The van der Waals surface area contributed by atoms with Crippen LogP contribution in [0.5, 0.6) is 5.75 Å². The molecule has 1 N–H and O–H groups in total. The van der Waals surface area contributed by atoms with Crippen LogP contribution in [0.2, 0.25) is 0 Å². The Bertz CT molecular complexity index is 918. The predicted molar refractivity (Wildman–Crippen MR) is 98.4 cm³/mol. The van der Waals surface area contributed by atoms with Crippen molar-refractivity contribution >= 4 is 11.0 Å². The van der Waals surface area contributed by atoms with Crippen molar-refractivity contribution in [1.82, 2.24) is 15.2 Å². The van der Waals surface area contributed by atoms with Crippen molar-refractivity contribution in [3.63, 3.8) is 0 Å². The third-order valence-electron chi connectivity index (χ3n) is 4.35. The molecule has 2 heterocycles. The minimum Gasteiger partial charge on any atom is -0.493 e. The van der Waals surface area contributed by atoms with E-state index in [-0.39, 0.29) is 18.3 Å². The first-order valence-electron chi connectivity index (χ1n) is 8.88. The number of nitrogens with zero attached hydrogens (tertiary/aromatic N) is 2. The summed E-state index contributed by atoms with van der Waals surface area (Å²) >= 11 is 0. The van der Waals surface area contributed by atoms with Crippen LogP contribution in [0.4, 0.5) is 13.2 Å². The lowest BCUT2D eigenvalue weighted by Gasteiger charge is -2.19. The molecule has 1 atom stereocenters. The fourth-order valence-electron chi connectivity index (χ4n) is 3.25. The van der Waals surface area contributed by atoms with Crippen LogP contribution in [-0.2, 0) is 6.18 Å². The lowest BCUT2D eigenvalue weighted by Crippen LogP contribution is -2.14. The molecule has 0 aliphatic carbocycles. The maximum Gasteiger partial charge on any atom is 0.419 e. The average Bonchev–Trinajstić information content (AvgIpc) is 3.07. The molecule has 0 saturated heterocycles. The summed E-state index contributed by atoms with van der Waals surface area (Å²) in [7, 11) is 0. The van der Waals surface area contributed by atoms with Crippen LogP contribution in [0.15, 0.2) is 36.7 Å². The van der Waals surface area contributed by atoms with Crippen LogP contribution in [0, 0.1) is 11.8 Å². The molecule has 0 radical (unpaired) electrons. The highest BCUT2D eigenvalue weighted by Crippen LogP contribution is 2.40. The first-order valence-corrected chi connectivity index (χ1v) is 8.88. The average molecular weight is 377 g/mol. The molecule has 3 rings (SSSR count). The van der Waals surface area contributed by atoms with Crippen LogP contribution in [-0.4, -0.2) is 21.8 Å². The quantitative estimate of drug-likeness (QED) is 0.599. The van der Waals surface area contributed by atoms with Gasteiger partial charge in [-0.1, -0.05) is 26.8 Å². The number of hydrogen-bond acceptors (Lipinski definition) is 3. The number of hydrogen-bond donors (Lipinski definition) is 1. The molecule has 0 spiro atoms. The molecule has 0 saturated carbocycles. The normalized spacial score (nSPS) is 13.3. The highest BCUT2D eigenvalue weighted by Gasteiger charge is 2.35. The molecular weight excluding hydrogens is 355 g/mol. The topological polar surface area (TPSA) is 50.8 Å². The summed E-state index contributed by atoms with van der Waals surface area (Å²) in [5, 5.41) is 7.31. The first kappa shape index (κ1) is 19.2. The Balaban J connectivity index is 1.94. The summed E-state index contributed by atoms with van der Waals surface area (Å²) in [4.78, 5) is 4.12. The lowest BCUT2D eigenvalue weighted by molar-refractivity contribution is -0.139. The number of pyridine rings is 1. The van der Waals surface area contributed by atoms with Crippen molar-refractivity contribution in [3.05, 3.63) is 42.2 Å². The second-order valence-corrected chi connectivity index (χ2v) is 7.25. The molecular formula is C20H22F3N3O. The Morgan fingerprint density at radius 2 is 1.93 bits per heavy atom. The summed E-state index contributed by atoms with van der Waals surface area (Å²) in [6, 6.07) is 5.84. The van der Waals surface area contributed by atoms with Gasteiger partial charge in [0.2, 0.25) is 0 Å². The van der Waals surface area contributed by atoms with Crippen LogP contribution < -0.4 is 4.74 Å². The molecule has 1 aromatic carbocycles. The zero-order chi connectivity index (χ0) is 19.6. The van der Waals surface area contributed by atoms with Gasteiger partial charge in [0.15, 0.2) is 5.65 Å². The number of benzene rings is 1. The predicted octanol–water partition coefficient (Wildman–Crippen LogP) is 5.70. The van der Waals surface area contributed by atoms with E-state index in [1.807, 2.05) is 6.92 Å². The third-order valence-corrected chi connectivity index (χ3v) is 4.35. The van der Waals surface area contributed by atoms with Gasteiger partial charge in [-0.25, -0.2) is 4.98 Å². The molecule has 0 bridgehead atoms. The summed E-state index contributed by atoms with van der Waals surface area (Å²) in [6.07, 6.45) is -0.506. The van der Waals surface area contributed by atoms with E-state index < -0.39 is 11.7 Å². The number of rotatable bonds is 6. The van der Waals surface area contributed by atoms with Crippen molar-refractivity contribution in [2.45, 2.75) is 33.4 Å². The van der Waals surface area contributed by atoms with Gasteiger partial charge in [-0.2, -0.15) is 18.3 Å². The lowest BCUT2D eigenvalue weighted by atomic mass is 9.99. The molecule has 0 unspecified atom stereocenters. The van der Waals surface area contributed by atoms with E-state index in [2.05, 4.69) is 29.0 Å². The van der Waals surface area contributed by atoms with Gasteiger partial charge >= 0.3 is 6.18 Å². The van der Waals surface area contributed by atoms with Gasteiger partial charge in [0.05, 0.1) is 18.4 Å². The number of fused-ring (bicyclic) bond motifs is 1. The van der Waals surface area contributed by atoms with E-state index >= 15 is 0 Å². The van der Waals surface area contributed by atoms with Crippen molar-refractivity contribution in [2.24, 2.45) is 11.8 Å². The van der Waals surface area contributed by atoms with E-state index in [9.17, 15) is 13.2 Å². The maximum absolute atomic E-state index is 13.6. The smallest absolute Gasteiger partial charge is 0.419 e. The first-order chi connectivity index (χ1) is 12.8. The van der Waals surface area contributed by atoms with Gasteiger partial charge in [-0.15, -0.1) is 0 Å². The van der Waals surface area contributed by atoms with Gasteiger partial charge < -0.3 is 4.74 Å². The van der Waals surface area contributed by atoms with Crippen molar-refractivity contribution in [2.75, 3.05) is 6.61 Å². The molecule has 3 aromatic rings. The molecule has 0 aliphatic rings. The van der Waals surface area contributed by atoms with Crippen molar-refractivity contribution < 1.29 is 17.9 Å². The van der Waals surface area contributed by atoms with Crippen molar-refractivity contribution in [3.8, 4) is 16.9 Å². The maximum atomic E-state index is 13.6. The molecule has 0 fully saturated rings. The van der Waals surface area contributed by atoms with Crippen LogP contribution in [0.25, 0.3) is 22.2 Å². The number of halogens is 3. The molecule has 144 valence electrons. The molecule has 4 nitrogen and oxygen atoms in total. The Labute approximate surface area is 155 Å².